The molecule has 25 heavy (non-hydrogen) atoms. The Morgan fingerprint density at radius 1 is 1.16 bits per heavy atom. The van der Waals surface area contributed by atoms with E-state index in [1.807, 2.05) is 0 Å². The summed E-state index contributed by atoms with van der Waals surface area (Å²) >= 11 is 6.54. The molecule has 0 spiro atoms. The zero-order chi connectivity index (χ0) is 18.0. The molecule has 1 aromatic heterocycles. The lowest BCUT2D eigenvalue weighted by molar-refractivity contribution is -0.293. The number of oxazole rings is 1. The van der Waals surface area contributed by atoms with Crippen LogP contribution in [0.15, 0.2) is 60.8 Å². The summed E-state index contributed by atoms with van der Waals surface area (Å²) in [6.45, 7) is 0. The highest BCUT2D eigenvalue weighted by molar-refractivity contribution is 9.10. The van der Waals surface area contributed by atoms with Crippen molar-refractivity contribution in [3.8, 4) is 17.4 Å². The number of aliphatic imine (C=N–C) groups is 1. The molecule has 0 radical (unpaired) electrons. The van der Waals surface area contributed by atoms with Gasteiger partial charge in [-0.05, 0) is 30.3 Å². The Bertz CT molecular complexity index is 965. The number of rotatable bonds is 4. The topological polar surface area (TPSA) is 98.8 Å². The molecule has 3 aromatic rings. The molecule has 0 saturated heterocycles. The van der Waals surface area contributed by atoms with Crippen molar-refractivity contribution in [2.45, 2.75) is 0 Å². The fraction of sp³-hybridized carbons (Fsp3) is 0. The summed E-state index contributed by atoms with van der Waals surface area (Å²) in [7, 11) is 0. The van der Waals surface area contributed by atoms with Crippen molar-refractivity contribution in [2.75, 3.05) is 0 Å². The second-order valence-corrected chi connectivity index (χ2v) is 6.75. The highest BCUT2D eigenvalue weighted by Crippen LogP contribution is 2.27. The van der Waals surface area contributed by atoms with Crippen molar-refractivity contribution in [1.29, 1.82) is 0 Å². The van der Waals surface area contributed by atoms with Crippen LogP contribution in [-0.2, 0) is 0 Å². The van der Waals surface area contributed by atoms with Crippen LogP contribution in [0.1, 0.15) is 16.1 Å². The third kappa shape index (κ3) is 3.97. The van der Waals surface area contributed by atoms with Crippen molar-refractivity contribution in [2.24, 2.45) is 4.99 Å². The minimum atomic E-state index is -1.12. The molecular formula is C17H9Br2N2O4-. The van der Waals surface area contributed by atoms with Gasteiger partial charge in [0.15, 0.2) is 0 Å². The van der Waals surface area contributed by atoms with Gasteiger partial charge in [0.05, 0.1) is 23.4 Å². The first kappa shape index (κ1) is 17.4. The van der Waals surface area contributed by atoms with Gasteiger partial charge in [-0.25, -0.2) is 9.78 Å². The van der Waals surface area contributed by atoms with Gasteiger partial charge in [-0.2, -0.15) is 0 Å². The number of carboxylic acid groups (broad SMARTS) is 1. The summed E-state index contributed by atoms with van der Waals surface area (Å²) in [6.07, 6.45) is 1.20. The van der Waals surface area contributed by atoms with Crippen LogP contribution in [0.4, 0.5) is 5.69 Å². The van der Waals surface area contributed by atoms with Crippen LogP contribution in [0, 0.1) is 0 Å². The van der Waals surface area contributed by atoms with E-state index in [-0.39, 0.29) is 22.8 Å². The predicted molar refractivity (Wildman–Crippen MR) is 97.4 cm³/mol. The van der Waals surface area contributed by atoms with Crippen LogP contribution in [0.25, 0.3) is 11.5 Å². The number of benzene rings is 2. The summed E-state index contributed by atoms with van der Waals surface area (Å²) in [5, 5.41) is 21.1. The quantitative estimate of drug-likeness (QED) is 0.577. The van der Waals surface area contributed by atoms with Crippen molar-refractivity contribution >= 4 is 49.7 Å². The lowest BCUT2D eigenvalue weighted by Gasteiger charge is -2.01. The number of hydrogen-bond acceptors (Lipinski definition) is 5. The van der Waals surface area contributed by atoms with Gasteiger partial charge in [0, 0.05) is 14.5 Å². The normalized spacial score (nSPS) is 11.1. The van der Waals surface area contributed by atoms with Gasteiger partial charge in [0.2, 0.25) is 0 Å². The van der Waals surface area contributed by atoms with Gasteiger partial charge in [-0.15, -0.1) is 0 Å². The van der Waals surface area contributed by atoms with Crippen LogP contribution < -0.4 is 5.11 Å². The van der Waals surface area contributed by atoms with Crippen LogP contribution in [0.5, 0.6) is 5.95 Å². The number of hydrogen-bond donors (Lipinski definition) is 1. The van der Waals surface area contributed by atoms with Crippen LogP contribution >= 0.6 is 31.9 Å². The fourth-order valence-electron chi connectivity index (χ4n) is 2.04. The second-order valence-electron chi connectivity index (χ2n) is 4.92. The minimum Gasteiger partial charge on any atom is -0.562 e. The van der Waals surface area contributed by atoms with Gasteiger partial charge in [-0.1, -0.05) is 44.0 Å². The van der Waals surface area contributed by atoms with E-state index in [0.717, 1.165) is 4.47 Å². The highest BCUT2D eigenvalue weighted by atomic mass is 79.9. The summed E-state index contributed by atoms with van der Waals surface area (Å²) in [6, 6.07) is 11.7. The Balaban J connectivity index is 1.93. The molecule has 2 aromatic carbocycles. The van der Waals surface area contributed by atoms with E-state index in [1.165, 1.54) is 18.3 Å². The molecule has 0 atom stereocenters. The molecule has 3 rings (SSSR count). The van der Waals surface area contributed by atoms with Crippen molar-refractivity contribution < 1.29 is 19.4 Å². The van der Waals surface area contributed by atoms with Gasteiger partial charge in [0.25, 0.3) is 0 Å². The lowest BCUT2D eigenvalue weighted by Crippen LogP contribution is -1.97. The molecule has 126 valence electrons. The van der Waals surface area contributed by atoms with Crippen LogP contribution in [-0.4, -0.2) is 22.3 Å². The smallest absolute Gasteiger partial charge is 0.337 e. The van der Waals surface area contributed by atoms with E-state index in [0.29, 0.717) is 10.0 Å². The summed E-state index contributed by atoms with van der Waals surface area (Å²) < 4.78 is 6.64. The molecule has 0 saturated carbocycles. The molecule has 0 unspecified atom stereocenters. The third-order valence-electron chi connectivity index (χ3n) is 3.23. The molecular weight excluding hydrogens is 456 g/mol. The zero-order valence-corrected chi connectivity index (χ0v) is 15.6. The molecule has 0 fully saturated rings. The lowest BCUT2D eigenvalue weighted by atomic mass is 10.2. The maximum atomic E-state index is 11.9. The first-order valence-electron chi connectivity index (χ1n) is 6.95. The van der Waals surface area contributed by atoms with E-state index in [1.54, 1.807) is 30.3 Å². The Morgan fingerprint density at radius 2 is 1.84 bits per heavy atom. The number of carboxylic acids is 1. The largest absolute Gasteiger partial charge is 0.562 e. The number of aromatic carboxylic acids is 1. The molecule has 6 nitrogen and oxygen atoms in total. The fourth-order valence-corrected chi connectivity index (χ4v) is 2.66. The minimum absolute atomic E-state index is 0.00261. The van der Waals surface area contributed by atoms with Crippen LogP contribution in [0.2, 0.25) is 0 Å². The summed E-state index contributed by atoms with van der Waals surface area (Å²) in [5.41, 5.74) is 0.866. The Morgan fingerprint density at radius 3 is 2.52 bits per heavy atom. The second kappa shape index (κ2) is 7.20. The van der Waals surface area contributed by atoms with Gasteiger partial charge < -0.3 is 14.6 Å². The molecule has 1 N–H and O–H groups in total. The molecule has 8 heteroatoms. The van der Waals surface area contributed by atoms with Gasteiger partial charge >= 0.3 is 5.97 Å². The highest BCUT2D eigenvalue weighted by Gasteiger charge is 2.10. The van der Waals surface area contributed by atoms with E-state index >= 15 is 0 Å². The van der Waals surface area contributed by atoms with Gasteiger partial charge in [0.1, 0.15) is 11.6 Å². The van der Waals surface area contributed by atoms with Gasteiger partial charge in [-0.3, -0.25) is 4.99 Å². The van der Waals surface area contributed by atoms with Crippen molar-refractivity contribution in [3.05, 3.63) is 62.7 Å². The maximum absolute atomic E-state index is 11.9. The van der Waals surface area contributed by atoms with E-state index in [4.69, 9.17) is 4.42 Å². The average Bonchev–Trinajstić information content (AvgIpc) is 2.95. The van der Waals surface area contributed by atoms with E-state index in [9.17, 15) is 15.0 Å². The molecule has 0 aliphatic heterocycles. The maximum Gasteiger partial charge on any atom is 0.337 e. The standard InChI is InChI=1S/C17H10Br2N2O4/c18-10-3-1-9(2-4-10)15-21-14(17(24)25-15)8-20-13-6-5-11(19)7-12(13)16(22)23/h1-8,24H,(H,22,23)/p-1. The van der Waals surface area contributed by atoms with Crippen LogP contribution in [0.3, 0.4) is 0 Å². The van der Waals surface area contributed by atoms with Crippen molar-refractivity contribution in [1.82, 2.24) is 4.98 Å². The van der Waals surface area contributed by atoms with E-state index in [2.05, 4.69) is 41.8 Å². The first-order chi connectivity index (χ1) is 11.9. The first-order valence-corrected chi connectivity index (χ1v) is 8.53. The number of nitrogens with zero attached hydrogens (tertiary/aromatic N) is 2. The monoisotopic (exact) mass is 463 g/mol. The molecule has 0 bridgehead atoms. The Kier molecular flexibility index (Phi) is 5.00. The van der Waals surface area contributed by atoms with Crippen molar-refractivity contribution in [3.63, 3.8) is 0 Å². The number of aromatic nitrogens is 1. The Labute approximate surface area is 159 Å². The molecule has 1 heterocycles. The van der Waals surface area contributed by atoms with E-state index < -0.39 is 11.9 Å². The third-order valence-corrected chi connectivity index (χ3v) is 4.25. The number of carbonyl (C=O) groups is 1. The predicted octanol–water partition coefficient (Wildman–Crippen LogP) is 4.39. The number of halogens is 2. The Hall–Kier alpha value is -2.45. The molecule has 0 amide bonds. The average molecular weight is 465 g/mol. The molecule has 0 aliphatic carbocycles. The zero-order valence-electron chi connectivity index (χ0n) is 12.4. The summed E-state index contributed by atoms with van der Waals surface area (Å²) in [5.74, 6) is -1.59. The summed E-state index contributed by atoms with van der Waals surface area (Å²) in [4.78, 5) is 19.5. The SMILES string of the molecule is O=C(O)c1cc(Br)ccc1N=Cc1nc(-c2ccc(Br)cc2)oc1[O-]. The molecule has 0 aliphatic rings.